The number of imidazole rings is 1. The Bertz CT molecular complexity index is 1430. The van der Waals surface area contributed by atoms with E-state index in [0.29, 0.717) is 17.2 Å². The molecule has 16 heteroatoms. The Kier molecular flexibility index (Phi) is 8.16. The van der Waals surface area contributed by atoms with Gasteiger partial charge in [-0.3, -0.25) is 13.9 Å². The molecule has 1 fully saturated rings. The van der Waals surface area contributed by atoms with Crippen LogP contribution in [0, 0.1) is 6.92 Å². The second-order valence-electron chi connectivity index (χ2n) is 9.67. The largest absolute Gasteiger partial charge is 0.468 e. The number of rotatable bonds is 10. The van der Waals surface area contributed by atoms with E-state index in [4.69, 9.17) is 13.8 Å². The zero-order chi connectivity index (χ0) is 29.5. The zero-order valence-corrected chi connectivity index (χ0v) is 23.6. The molecule has 1 aliphatic rings. The zero-order valence-electron chi connectivity index (χ0n) is 22.7. The summed E-state index contributed by atoms with van der Waals surface area (Å²) in [7, 11) is 0.0845. The number of ether oxygens (including phenoxy) is 2. The SMILES string of the molecule is COC(=O)[C@@H](C)N[P@@](=O)(OC[C@@]1(F)O[C@@H](n2cnc3c(N(C)C)nc(C)nc32)[C@](C)(F)[C@@H]1O)Oc1ccccc1. The van der Waals surface area contributed by atoms with Gasteiger partial charge in [0.1, 0.15) is 24.2 Å². The minimum Gasteiger partial charge on any atom is -0.468 e. The van der Waals surface area contributed by atoms with E-state index in [0.717, 1.165) is 18.6 Å². The fourth-order valence-electron chi connectivity index (χ4n) is 4.20. The highest BCUT2D eigenvalue weighted by Gasteiger charge is 2.65. The summed E-state index contributed by atoms with van der Waals surface area (Å²) < 4.78 is 67.7. The summed E-state index contributed by atoms with van der Waals surface area (Å²) in [6.45, 7) is 2.67. The van der Waals surface area contributed by atoms with Crippen molar-refractivity contribution in [3.8, 4) is 5.75 Å². The third kappa shape index (κ3) is 5.65. The number of nitrogens with one attached hydrogen (secondary N) is 1. The molecule has 218 valence electrons. The minimum absolute atomic E-state index is 0.0704. The number of aliphatic hydroxyl groups excluding tert-OH is 1. The number of aryl methyl sites for hydroxylation is 1. The summed E-state index contributed by atoms with van der Waals surface area (Å²) in [5.74, 6) is -3.15. The number of carbonyl (C=O) groups excluding carboxylic acids is 1. The number of aromatic nitrogens is 4. The highest BCUT2D eigenvalue weighted by Crippen LogP contribution is 2.52. The average Bonchev–Trinajstić information content (AvgIpc) is 3.39. The van der Waals surface area contributed by atoms with Crippen LogP contribution in [0.2, 0.25) is 0 Å². The Morgan fingerprint density at radius 1 is 1.30 bits per heavy atom. The number of anilines is 1. The van der Waals surface area contributed by atoms with Crippen LogP contribution in [-0.4, -0.2) is 82.1 Å². The molecular weight excluding hydrogens is 553 g/mol. The van der Waals surface area contributed by atoms with E-state index in [1.165, 1.54) is 25.4 Å². The normalized spacial score (nSPS) is 26.8. The maximum atomic E-state index is 16.2. The molecule has 0 spiro atoms. The predicted molar refractivity (Wildman–Crippen MR) is 139 cm³/mol. The van der Waals surface area contributed by atoms with Gasteiger partial charge in [-0.05, 0) is 32.9 Å². The third-order valence-corrected chi connectivity index (χ3v) is 7.85. The first-order valence-corrected chi connectivity index (χ1v) is 13.7. The number of aliphatic hydroxyl groups is 1. The number of para-hydroxylation sites is 1. The maximum Gasteiger partial charge on any atom is 0.459 e. The number of hydrogen-bond donors (Lipinski definition) is 2. The molecule has 0 unspecified atom stereocenters. The lowest BCUT2D eigenvalue weighted by Gasteiger charge is -2.28. The molecule has 0 amide bonds. The van der Waals surface area contributed by atoms with Gasteiger partial charge in [0, 0.05) is 14.1 Å². The topological polar surface area (TPSA) is 150 Å². The van der Waals surface area contributed by atoms with Crippen molar-refractivity contribution in [2.24, 2.45) is 0 Å². The van der Waals surface area contributed by atoms with E-state index in [1.54, 1.807) is 44.1 Å². The van der Waals surface area contributed by atoms with Gasteiger partial charge in [0.25, 0.3) is 5.85 Å². The monoisotopic (exact) mass is 584 g/mol. The molecule has 2 N–H and O–H groups in total. The molecule has 13 nitrogen and oxygen atoms in total. The first-order valence-electron chi connectivity index (χ1n) is 12.2. The molecular formula is C24H31F2N6O7P. The van der Waals surface area contributed by atoms with Crippen molar-refractivity contribution in [3.63, 3.8) is 0 Å². The van der Waals surface area contributed by atoms with Crippen LogP contribution in [0.1, 0.15) is 25.9 Å². The van der Waals surface area contributed by atoms with Gasteiger partial charge in [0.2, 0.25) is 0 Å². The van der Waals surface area contributed by atoms with E-state index < -0.39 is 50.2 Å². The Morgan fingerprint density at radius 3 is 2.60 bits per heavy atom. The number of carbonyl (C=O) groups is 1. The maximum absolute atomic E-state index is 16.2. The van der Waals surface area contributed by atoms with Crippen molar-refractivity contribution < 1.29 is 41.8 Å². The lowest BCUT2D eigenvalue weighted by molar-refractivity contribution is -0.202. The molecule has 3 aromatic rings. The lowest BCUT2D eigenvalue weighted by Crippen LogP contribution is -2.47. The van der Waals surface area contributed by atoms with Gasteiger partial charge < -0.3 is 24.0 Å². The standard InChI is InChI=1S/C24H31F2N6O7P/c1-14(20(33)36-6)30-40(35,39-16-10-8-7-9-11-16)37-12-24(26)21(34)23(3,25)22(38-24)32-13-27-17-18(31(4)5)28-15(2)29-19(17)32/h7-11,13-14,21-22,34H,12H2,1-6H3,(H,30,35)/t14-,21+,22-,23-,24-,40-/m1/s1. The van der Waals surface area contributed by atoms with E-state index in [-0.39, 0.29) is 11.4 Å². The molecule has 2 aromatic heterocycles. The molecule has 0 aliphatic carbocycles. The number of esters is 1. The molecule has 0 radical (unpaired) electrons. The first kappa shape index (κ1) is 29.7. The van der Waals surface area contributed by atoms with E-state index in [1.807, 2.05) is 0 Å². The molecule has 3 heterocycles. The van der Waals surface area contributed by atoms with Gasteiger partial charge in [-0.15, -0.1) is 0 Å². The summed E-state index contributed by atoms with van der Waals surface area (Å²) >= 11 is 0. The number of fused-ring (bicyclic) bond motifs is 1. The van der Waals surface area contributed by atoms with E-state index >= 15 is 8.78 Å². The van der Waals surface area contributed by atoms with E-state index in [2.05, 4.69) is 24.8 Å². The van der Waals surface area contributed by atoms with Crippen molar-refractivity contribution in [3.05, 3.63) is 42.5 Å². The number of nitrogens with zero attached hydrogens (tertiary/aromatic N) is 5. The van der Waals surface area contributed by atoms with Crippen LogP contribution in [0.4, 0.5) is 14.6 Å². The van der Waals surface area contributed by atoms with Crippen molar-refractivity contribution in [2.75, 3.05) is 32.7 Å². The quantitative estimate of drug-likeness (QED) is 0.266. The van der Waals surface area contributed by atoms with Crippen LogP contribution in [-0.2, 0) is 23.4 Å². The highest BCUT2D eigenvalue weighted by molar-refractivity contribution is 7.52. The third-order valence-electron chi connectivity index (χ3n) is 6.23. The lowest BCUT2D eigenvalue weighted by atomic mass is 9.97. The van der Waals surface area contributed by atoms with Crippen LogP contribution < -0.4 is 14.5 Å². The average molecular weight is 585 g/mol. The van der Waals surface area contributed by atoms with Crippen molar-refractivity contribution in [2.45, 2.75) is 50.7 Å². The molecule has 0 saturated carbocycles. The summed E-state index contributed by atoms with van der Waals surface area (Å²) in [4.78, 5) is 26.5. The summed E-state index contributed by atoms with van der Waals surface area (Å²) in [6.07, 6.45) is -2.94. The van der Waals surface area contributed by atoms with Gasteiger partial charge in [-0.1, -0.05) is 18.2 Å². The van der Waals surface area contributed by atoms with Crippen LogP contribution in [0.3, 0.4) is 0 Å². The number of alkyl halides is 2. The van der Waals surface area contributed by atoms with Crippen molar-refractivity contribution >= 4 is 30.7 Å². The number of halogens is 2. The van der Waals surface area contributed by atoms with Crippen molar-refractivity contribution in [1.82, 2.24) is 24.6 Å². The summed E-state index contributed by atoms with van der Waals surface area (Å²) in [5.41, 5.74) is -2.27. The number of methoxy groups -OCH3 is 1. The molecule has 1 aromatic carbocycles. The molecule has 1 aliphatic heterocycles. The summed E-state index contributed by atoms with van der Waals surface area (Å²) in [6, 6.07) is 6.57. The second kappa shape index (κ2) is 11.0. The highest BCUT2D eigenvalue weighted by atomic mass is 31.2. The summed E-state index contributed by atoms with van der Waals surface area (Å²) in [5, 5.41) is 13.1. The molecule has 0 bridgehead atoms. The Labute approximate surface area is 229 Å². The smallest absolute Gasteiger partial charge is 0.459 e. The van der Waals surface area contributed by atoms with Gasteiger partial charge in [-0.2, -0.15) is 5.09 Å². The fraction of sp³-hybridized carbons (Fsp3) is 0.500. The van der Waals surface area contributed by atoms with Crippen LogP contribution >= 0.6 is 7.75 Å². The van der Waals surface area contributed by atoms with Gasteiger partial charge >= 0.3 is 13.7 Å². The van der Waals surface area contributed by atoms with Crippen LogP contribution in [0.15, 0.2) is 36.7 Å². The molecule has 40 heavy (non-hydrogen) atoms. The fourth-order valence-corrected chi connectivity index (χ4v) is 5.71. The minimum atomic E-state index is -4.52. The van der Waals surface area contributed by atoms with Crippen molar-refractivity contribution in [1.29, 1.82) is 0 Å². The Morgan fingerprint density at radius 2 is 1.98 bits per heavy atom. The number of benzene rings is 1. The van der Waals surface area contributed by atoms with E-state index in [9.17, 15) is 14.5 Å². The van der Waals surface area contributed by atoms with Gasteiger partial charge in [-0.25, -0.2) is 28.3 Å². The second-order valence-corrected chi connectivity index (χ2v) is 11.4. The van der Waals surface area contributed by atoms with Gasteiger partial charge in [0.05, 0.1) is 13.4 Å². The number of hydrogen-bond acceptors (Lipinski definition) is 11. The Hall–Kier alpha value is -3.23. The van der Waals surface area contributed by atoms with Crippen LogP contribution in [0.5, 0.6) is 5.75 Å². The Balaban J connectivity index is 1.64. The predicted octanol–water partition coefficient (Wildman–Crippen LogP) is 2.84. The van der Waals surface area contributed by atoms with Crippen LogP contribution in [0.25, 0.3) is 11.2 Å². The van der Waals surface area contributed by atoms with Gasteiger partial charge in [0.15, 0.2) is 35.0 Å². The molecule has 6 atom stereocenters. The first-order chi connectivity index (χ1) is 18.7. The molecule has 4 rings (SSSR count). The molecule has 1 saturated heterocycles.